The van der Waals surface area contributed by atoms with Crippen LogP contribution in [0.4, 0.5) is 18.9 Å². The predicted molar refractivity (Wildman–Crippen MR) is 71.4 cm³/mol. The largest absolute Gasteiger partial charge is 0.417 e. The van der Waals surface area contributed by atoms with Gasteiger partial charge in [0.15, 0.2) is 0 Å². The Morgan fingerprint density at radius 3 is 2.57 bits per heavy atom. The minimum atomic E-state index is -4.55. The SMILES string of the molecule is Cc1cc(CNc2ccc(C#N)c(C(F)(F)F)c2)n(C)n1. The molecule has 1 aromatic carbocycles. The average molecular weight is 294 g/mol. The van der Waals surface area contributed by atoms with E-state index in [0.29, 0.717) is 12.2 Å². The number of aromatic nitrogens is 2. The minimum Gasteiger partial charge on any atom is -0.379 e. The molecule has 21 heavy (non-hydrogen) atoms. The highest BCUT2D eigenvalue weighted by atomic mass is 19.4. The van der Waals surface area contributed by atoms with E-state index >= 15 is 0 Å². The number of halogens is 3. The molecule has 0 spiro atoms. The van der Waals surface area contributed by atoms with Gasteiger partial charge in [0, 0.05) is 12.7 Å². The van der Waals surface area contributed by atoms with Gasteiger partial charge in [0.25, 0.3) is 0 Å². The smallest absolute Gasteiger partial charge is 0.379 e. The van der Waals surface area contributed by atoms with Crippen molar-refractivity contribution >= 4 is 5.69 Å². The fraction of sp³-hybridized carbons (Fsp3) is 0.286. The normalized spacial score (nSPS) is 11.2. The van der Waals surface area contributed by atoms with Gasteiger partial charge in [-0.3, -0.25) is 4.68 Å². The molecule has 0 unspecified atom stereocenters. The predicted octanol–water partition coefficient (Wildman–Crippen LogP) is 3.23. The zero-order chi connectivity index (χ0) is 15.6. The number of aryl methyl sites for hydroxylation is 2. The molecule has 0 fully saturated rings. The summed E-state index contributed by atoms with van der Waals surface area (Å²) in [4.78, 5) is 0. The van der Waals surface area contributed by atoms with Gasteiger partial charge in [-0.05, 0) is 31.2 Å². The van der Waals surface area contributed by atoms with E-state index in [1.165, 1.54) is 12.1 Å². The first-order valence-electron chi connectivity index (χ1n) is 6.16. The number of nitriles is 1. The van der Waals surface area contributed by atoms with E-state index in [1.54, 1.807) is 17.8 Å². The lowest BCUT2D eigenvalue weighted by atomic mass is 10.1. The van der Waals surface area contributed by atoms with E-state index in [0.717, 1.165) is 17.5 Å². The summed E-state index contributed by atoms with van der Waals surface area (Å²) in [6.07, 6.45) is -4.55. The number of rotatable bonds is 3. The molecule has 0 radical (unpaired) electrons. The second-order valence-electron chi connectivity index (χ2n) is 4.62. The molecule has 2 aromatic rings. The first kappa shape index (κ1) is 14.9. The molecule has 0 amide bonds. The number of alkyl halides is 3. The van der Waals surface area contributed by atoms with Crippen LogP contribution in [0.1, 0.15) is 22.5 Å². The molecule has 0 saturated heterocycles. The van der Waals surface area contributed by atoms with Crippen molar-refractivity contribution in [3.05, 3.63) is 46.8 Å². The molecule has 0 atom stereocenters. The van der Waals surface area contributed by atoms with Crippen molar-refractivity contribution < 1.29 is 13.2 Å². The van der Waals surface area contributed by atoms with Crippen LogP contribution < -0.4 is 5.32 Å². The van der Waals surface area contributed by atoms with Crippen LogP contribution in [0.5, 0.6) is 0 Å². The topological polar surface area (TPSA) is 53.6 Å². The van der Waals surface area contributed by atoms with Gasteiger partial charge in [0.1, 0.15) is 0 Å². The molecule has 0 aliphatic heterocycles. The van der Waals surface area contributed by atoms with Gasteiger partial charge in [0.05, 0.1) is 35.1 Å². The molecule has 0 aliphatic rings. The summed E-state index contributed by atoms with van der Waals surface area (Å²) < 4.78 is 40.2. The van der Waals surface area contributed by atoms with E-state index in [1.807, 2.05) is 13.0 Å². The Bertz CT molecular complexity index is 695. The van der Waals surface area contributed by atoms with Crippen molar-refractivity contribution in [2.24, 2.45) is 7.05 Å². The Kier molecular flexibility index (Phi) is 3.89. The Hall–Kier alpha value is -2.49. The van der Waals surface area contributed by atoms with Crippen molar-refractivity contribution in [1.82, 2.24) is 9.78 Å². The van der Waals surface area contributed by atoms with Crippen LogP contribution >= 0.6 is 0 Å². The lowest BCUT2D eigenvalue weighted by molar-refractivity contribution is -0.137. The van der Waals surface area contributed by atoms with E-state index in [-0.39, 0.29) is 5.56 Å². The summed E-state index contributed by atoms with van der Waals surface area (Å²) in [6.45, 7) is 2.19. The van der Waals surface area contributed by atoms with Gasteiger partial charge in [-0.25, -0.2) is 0 Å². The maximum atomic E-state index is 12.9. The maximum Gasteiger partial charge on any atom is 0.417 e. The molecule has 1 heterocycles. The van der Waals surface area contributed by atoms with Crippen LogP contribution in [0.25, 0.3) is 0 Å². The molecule has 110 valence electrons. The highest BCUT2D eigenvalue weighted by Crippen LogP contribution is 2.33. The fourth-order valence-corrected chi connectivity index (χ4v) is 2.01. The average Bonchev–Trinajstić information content (AvgIpc) is 2.73. The molecular weight excluding hydrogens is 281 g/mol. The summed E-state index contributed by atoms with van der Waals surface area (Å²) >= 11 is 0. The Balaban J connectivity index is 2.22. The summed E-state index contributed by atoms with van der Waals surface area (Å²) in [5.41, 5.74) is 0.677. The first-order chi connectivity index (χ1) is 9.81. The Labute approximate surface area is 119 Å². The van der Waals surface area contributed by atoms with Gasteiger partial charge in [-0.15, -0.1) is 0 Å². The van der Waals surface area contributed by atoms with Crippen LogP contribution in [0.3, 0.4) is 0 Å². The third kappa shape index (κ3) is 3.34. The monoisotopic (exact) mass is 294 g/mol. The van der Waals surface area contributed by atoms with Crippen LogP contribution in [-0.2, 0) is 19.8 Å². The lowest BCUT2D eigenvalue weighted by Crippen LogP contribution is -2.10. The zero-order valence-electron chi connectivity index (χ0n) is 11.5. The van der Waals surface area contributed by atoms with Crippen LogP contribution in [0.15, 0.2) is 24.3 Å². The van der Waals surface area contributed by atoms with Crippen LogP contribution in [0, 0.1) is 18.3 Å². The fourth-order valence-electron chi connectivity index (χ4n) is 2.01. The van der Waals surface area contributed by atoms with Gasteiger partial charge in [-0.1, -0.05) is 0 Å². The lowest BCUT2D eigenvalue weighted by Gasteiger charge is -2.12. The Morgan fingerprint density at radius 1 is 1.33 bits per heavy atom. The molecule has 1 N–H and O–H groups in total. The second kappa shape index (κ2) is 5.48. The van der Waals surface area contributed by atoms with Crippen molar-refractivity contribution in [3.63, 3.8) is 0 Å². The summed E-state index contributed by atoms with van der Waals surface area (Å²) in [5, 5.41) is 15.8. The number of hydrogen-bond donors (Lipinski definition) is 1. The highest BCUT2D eigenvalue weighted by molar-refractivity contribution is 5.53. The van der Waals surface area contributed by atoms with Crippen molar-refractivity contribution in [3.8, 4) is 6.07 Å². The van der Waals surface area contributed by atoms with Crippen molar-refractivity contribution in [1.29, 1.82) is 5.26 Å². The van der Waals surface area contributed by atoms with Gasteiger partial charge in [-0.2, -0.15) is 23.5 Å². The summed E-state index contributed by atoms with van der Waals surface area (Å²) in [6, 6.07) is 6.97. The molecular formula is C14H13F3N4. The molecule has 0 aliphatic carbocycles. The molecule has 2 rings (SSSR count). The summed E-state index contributed by atoms with van der Waals surface area (Å²) in [5.74, 6) is 0. The van der Waals surface area contributed by atoms with E-state index < -0.39 is 11.7 Å². The van der Waals surface area contributed by atoms with Crippen LogP contribution in [0.2, 0.25) is 0 Å². The number of nitrogens with zero attached hydrogens (tertiary/aromatic N) is 3. The number of benzene rings is 1. The number of nitrogens with one attached hydrogen (secondary N) is 1. The van der Waals surface area contributed by atoms with Gasteiger partial charge < -0.3 is 5.32 Å². The third-order valence-corrected chi connectivity index (χ3v) is 3.02. The molecule has 4 nitrogen and oxygen atoms in total. The summed E-state index contributed by atoms with van der Waals surface area (Å²) in [7, 11) is 1.77. The van der Waals surface area contributed by atoms with Crippen molar-refractivity contribution in [2.75, 3.05) is 5.32 Å². The van der Waals surface area contributed by atoms with Gasteiger partial charge in [0.2, 0.25) is 0 Å². The number of hydrogen-bond acceptors (Lipinski definition) is 3. The van der Waals surface area contributed by atoms with Gasteiger partial charge >= 0.3 is 6.18 Å². The number of anilines is 1. The second-order valence-corrected chi connectivity index (χ2v) is 4.62. The first-order valence-corrected chi connectivity index (χ1v) is 6.16. The van der Waals surface area contributed by atoms with E-state index in [9.17, 15) is 13.2 Å². The molecule has 1 aromatic heterocycles. The standard InChI is InChI=1S/C14H13F3N4/c1-9-5-12(21(2)20-9)8-19-11-4-3-10(7-18)13(6-11)14(15,16)17/h3-6,19H,8H2,1-2H3. The van der Waals surface area contributed by atoms with Crippen molar-refractivity contribution in [2.45, 2.75) is 19.6 Å². The molecule has 7 heteroatoms. The zero-order valence-corrected chi connectivity index (χ0v) is 11.5. The van der Waals surface area contributed by atoms with Crippen LogP contribution in [-0.4, -0.2) is 9.78 Å². The van der Waals surface area contributed by atoms with E-state index in [4.69, 9.17) is 5.26 Å². The third-order valence-electron chi connectivity index (χ3n) is 3.02. The molecule has 0 bridgehead atoms. The quantitative estimate of drug-likeness (QED) is 0.945. The molecule has 0 saturated carbocycles. The van der Waals surface area contributed by atoms with E-state index in [2.05, 4.69) is 10.4 Å². The Morgan fingerprint density at radius 2 is 2.05 bits per heavy atom. The maximum absolute atomic E-state index is 12.9. The highest BCUT2D eigenvalue weighted by Gasteiger charge is 2.33. The minimum absolute atomic E-state index is 0.306.